The molecule has 0 bridgehead atoms. The number of nitrogens with zero attached hydrogens (tertiary/aromatic N) is 3. The number of nitriles is 1. The smallest absolute Gasteiger partial charge is 0.406 e. The Morgan fingerprint density at radius 3 is 2.35 bits per heavy atom. The molecule has 1 aromatic carbocycles. The summed E-state index contributed by atoms with van der Waals surface area (Å²) in [5.74, 6) is -1.16. The number of sulfonamides is 1. The van der Waals surface area contributed by atoms with Gasteiger partial charge in [0, 0.05) is 19.0 Å². The number of hydrogen-bond donors (Lipinski definition) is 0. The van der Waals surface area contributed by atoms with Crippen LogP contribution in [0.3, 0.4) is 0 Å². The number of piperidine rings is 1. The number of furan rings is 1. The fourth-order valence-corrected chi connectivity index (χ4v) is 4.94. The van der Waals surface area contributed by atoms with Crippen molar-refractivity contribution in [2.24, 2.45) is 5.92 Å². The second kappa shape index (κ2) is 9.11. The highest BCUT2D eigenvalue weighted by atomic mass is 32.2. The molecule has 1 amide bonds. The molecule has 1 aliphatic heterocycles. The predicted molar refractivity (Wildman–Crippen MR) is 103 cm³/mol. The first-order valence-corrected chi connectivity index (χ1v) is 10.9. The minimum Gasteiger partial charge on any atom is -0.467 e. The van der Waals surface area contributed by atoms with Gasteiger partial charge in [-0.25, -0.2) is 8.42 Å². The van der Waals surface area contributed by atoms with E-state index >= 15 is 0 Å². The fourth-order valence-electron chi connectivity index (χ4n) is 3.47. The number of alkyl halides is 3. The number of rotatable bonds is 6. The first kappa shape index (κ1) is 22.8. The molecule has 7 nitrogen and oxygen atoms in total. The molecular formula is C20H20F3N3O4S. The normalized spacial score (nSPS) is 16.1. The van der Waals surface area contributed by atoms with Crippen LogP contribution in [0.2, 0.25) is 0 Å². The number of carbonyl (C=O) groups excluding carboxylic acids is 1. The van der Waals surface area contributed by atoms with Crippen LogP contribution in [0.25, 0.3) is 0 Å². The van der Waals surface area contributed by atoms with Crippen molar-refractivity contribution in [1.29, 1.82) is 5.26 Å². The monoisotopic (exact) mass is 455 g/mol. The van der Waals surface area contributed by atoms with Crippen molar-refractivity contribution in [3.8, 4) is 6.07 Å². The lowest BCUT2D eigenvalue weighted by atomic mass is 9.96. The molecule has 0 unspecified atom stereocenters. The molecule has 0 atom stereocenters. The standard InChI is InChI=1S/C20H20F3N3O4S/c21-20(22,23)14-25(13-17-2-1-11-30-17)19(27)16-7-9-26(10-8-16)31(28,29)18-5-3-15(12-24)4-6-18/h1-6,11,16H,7-10,13-14H2. The van der Waals surface area contributed by atoms with Gasteiger partial charge in [0.15, 0.2) is 0 Å². The molecule has 0 spiro atoms. The summed E-state index contributed by atoms with van der Waals surface area (Å²) in [6, 6.07) is 10.4. The van der Waals surface area contributed by atoms with Crippen LogP contribution in [0, 0.1) is 17.2 Å². The summed E-state index contributed by atoms with van der Waals surface area (Å²) in [7, 11) is -3.82. The fraction of sp³-hybridized carbons (Fsp3) is 0.400. The summed E-state index contributed by atoms with van der Waals surface area (Å²) in [6.07, 6.45) is -3.03. The Balaban J connectivity index is 1.67. The van der Waals surface area contributed by atoms with Gasteiger partial charge in [-0.15, -0.1) is 0 Å². The van der Waals surface area contributed by atoms with Crippen molar-refractivity contribution in [1.82, 2.24) is 9.21 Å². The van der Waals surface area contributed by atoms with Gasteiger partial charge < -0.3 is 9.32 Å². The molecule has 1 aromatic heterocycles. The Bertz CT molecular complexity index is 1040. The molecule has 0 aliphatic carbocycles. The number of benzene rings is 1. The molecular weight excluding hydrogens is 435 g/mol. The Labute approximate surface area is 177 Å². The molecule has 166 valence electrons. The lowest BCUT2D eigenvalue weighted by Gasteiger charge is -2.33. The molecule has 1 fully saturated rings. The highest BCUT2D eigenvalue weighted by Gasteiger charge is 2.38. The summed E-state index contributed by atoms with van der Waals surface area (Å²) in [5.41, 5.74) is 0.324. The zero-order valence-electron chi connectivity index (χ0n) is 16.4. The van der Waals surface area contributed by atoms with Crippen LogP contribution >= 0.6 is 0 Å². The number of amides is 1. The SMILES string of the molecule is N#Cc1ccc(S(=O)(=O)N2CCC(C(=O)N(Cc3ccco3)CC(F)(F)F)CC2)cc1. The average molecular weight is 455 g/mol. The van der Waals surface area contributed by atoms with E-state index in [1.54, 1.807) is 0 Å². The van der Waals surface area contributed by atoms with Gasteiger partial charge in [-0.05, 0) is 49.2 Å². The van der Waals surface area contributed by atoms with Crippen molar-refractivity contribution in [3.63, 3.8) is 0 Å². The van der Waals surface area contributed by atoms with Crippen LogP contribution in [-0.2, 0) is 21.4 Å². The minimum atomic E-state index is -4.57. The maximum atomic E-state index is 13.0. The molecule has 2 heterocycles. The van der Waals surface area contributed by atoms with Crippen molar-refractivity contribution in [3.05, 3.63) is 54.0 Å². The average Bonchev–Trinajstić information content (AvgIpc) is 3.25. The van der Waals surface area contributed by atoms with Crippen molar-refractivity contribution < 1.29 is 30.8 Å². The van der Waals surface area contributed by atoms with E-state index in [0.29, 0.717) is 10.5 Å². The molecule has 1 saturated heterocycles. The van der Waals surface area contributed by atoms with E-state index in [9.17, 15) is 26.4 Å². The molecule has 2 aromatic rings. The van der Waals surface area contributed by atoms with Gasteiger partial charge in [0.2, 0.25) is 15.9 Å². The van der Waals surface area contributed by atoms with Gasteiger partial charge in [0.05, 0.1) is 29.3 Å². The van der Waals surface area contributed by atoms with E-state index < -0.39 is 34.6 Å². The maximum Gasteiger partial charge on any atom is 0.406 e. The van der Waals surface area contributed by atoms with Gasteiger partial charge in [0.1, 0.15) is 12.3 Å². The van der Waals surface area contributed by atoms with Crippen LogP contribution in [-0.4, -0.2) is 49.3 Å². The van der Waals surface area contributed by atoms with E-state index in [4.69, 9.17) is 9.68 Å². The molecule has 1 aliphatic rings. The van der Waals surface area contributed by atoms with Crippen LogP contribution in [0.15, 0.2) is 52.0 Å². The molecule has 0 saturated carbocycles. The van der Waals surface area contributed by atoms with E-state index in [-0.39, 0.29) is 43.1 Å². The second-order valence-corrected chi connectivity index (χ2v) is 9.14. The lowest BCUT2D eigenvalue weighted by Crippen LogP contribution is -2.46. The third-order valence-electron chi connectivity index (χ3n) is 5.03. The third-order valence-corrected chi connectivity index (χ3v) is 6.95. The van der Waals surface area contributed by atoms with E-state index in [1.807, 2.05) is 6.07 Å². The highest BCUT2D eigenvalue weighted by molar-refractivity contribution is 7.89. The van der Waals surface area contributed by atoms with Crippen molar-refractivity contribution in [2.45, 2.75) is 30.5 Å². The summed E-state index contributed by atoms with van der Waals surface area (Å²) >= 11 is 0. The van der Waals surface area contributed by atoms with E-state index in [2.05, 4.69) is 0 Å². The Morgan fingerprint density at radius 2 is 1.84 bits per heavy atom. The quantitative estimate of drug-likeness (QED) is 0.667. The predicted octanol–water partition coefficient (Wildman–Crippen LogP) is 3.14. The molecule has 11 heteroatoms. The molecule has 0 N–H and O–H groups in total. The van der Waals surface area contributed by atoms with Gasteiger partial charge in [-0.1, -0.05) is 0 Å². The van der Waals surface area contributed by atoms with Crippen LogP contribution in [0.4, 0.5) is 13.2 Å². The second-order valence-electron chi connectivity index (χ2n) is 7.20. The van der Waals surface area contributed by atoms with Gasteiger partial charge in [0.25, 0.3) is 0 Å². The topological polar surface area (TPSA) is 94.6 Å². The minimum absolute atomic E-state index is 0.0132. The van der Waals surface area contributed by atoms with E-state index in [1.165, 1.54) is 47.0 Å². The largest absolute Gasteiger partial charge is 0.467 e. The first-order chi connectivity index (χ1) is 14.6. The Hall–Kier alpha value is -2.84. The number of halogens is 3. The Kier molecular flexibility index (Phi) is 6.71. The molecule has 31 heavy (non-hydrogen) atoms. The van der Waals surface area contributed by atoms with Crippen molar-refractivity contribution in [2.75, 3.05) is 19.6 Å². The van der Waals surface area contributed by atoms with Crippen LogP contribution in [0.1, 0.15) is 24.2 Å². The summed E-state index contributed by atoms with van der Waals surface area (Å²) in [6.45, 7) is -1.69. The van der Waals surface area contributed by atoms with Crippen LogP contribution in [0.5, 0.6) is 0 Å². The Morgan fingerprint density at radius 1 is 1.19 bits per heavy atom. The summed E-state index contributed by atoms with van der Waals surface area (Å²) in [5, 5.41) is 8.84. The first-order valence-electron chi connectivity index (χ1n) is 9.48. The van der Waals surface area contributed by atoms with Gasteiger partial charge in [-0.2, -0.15) is 22.7 Å². The van der Waals surface area contributed by atoms with Gasteiger partial charge >= 0.3 is 6.18 Å². The maximum absolute atomic E-state index is 13.0. The lowest BCUT2D eigenvalue weighted by molar-refractivity contribution is -0.166. The molecule has 0 radical (unpaired) electrons. The number of carbonyl (C=O) groups is 1. The van der Waals surface area contributed by atoms with E-state index in [0.717, 1.165) is 0 Å². The number of hydrogen-bond acceptors (Lipinski definition) is 5. The summed E-state index contributed by atoms with van der Waals surface area (Å²) in [4.78, 5) is 13.5. The summed E-state index contributed by atoms with van der Waals surface area (Å²) < 4.78 is 70.8. The third kappa shape index (κ3) is 5.65. The zero-order chi connectivity index (χ0) is 22.6. The van der Waals surface area contributed by atoms with Crippen molar-refractivity contribution >= 4 is 15.9 Å². The van der Waals surface area contributed by atoms with Gasteiger partial charge in [-0.3, -0.25) is 4.79 Å². The van der Waals surface area contributed by atoms with Crippen LogP contribution < -0.4 is 0 Å². The molecule has 3 rings (SSSR count). The highest BCUT2D eigenvalue weighted by Crippen LogP contribution is 2.27. The zero-order valence-corrected chi connectivity index (χ0v) is 17.2.